The number of nitrogens with one attached hydrogen (secondary N) is 2. The summed E-state index contributed by atoms with van der Waals surface area (Å²) in [6.07, 6.45) is 2.58. The standard InChI is InChI=1S/C21H25N3O3S/c25-19(11-4-12-22-21(27)18-10-6-14-28-18)24-13-5-7-16(15-24)20(26)23-17-8-2-1-3-9-17/h1-3,6,8-10,14,16H,4-5,7,11-13,15H2,(H,22,27)(H,23,26). The Bertz CT molecular complexity index is 792. The number of anilines is 1. The van der Waals surface area contributed by atoms with Gasteiger partial charge >= 0.3 is 0 Å². The predicted molar refractivity (Wildman–Crippen MR) is 110 cm³/mol. The van der Waals surface area contributed by atoms with Gasteiger partial charge in [-0.25, -0.2) is 0 Å². The highest BCUT2D eigenvalue weighted by molar-refractivity contribution is 7.12. The lowest BCUT2D eigenvalue weighted by Crippen LogP contribution is -2.43. The van der Waals surface area contributed by atoms with Crippen LogP contribution in [0.3, 0.4) is 0 Å². The van der Waals surface area contributed by atoms with Crippen molar-refractivity contribution in [2.24, 2.45) is 5.92 Å². The van der Waals surface area contributed by atoms with Crippen molar-refractivity contribution in [1.29, 1.82) is 0 Å². The van der Waals surface area contributed by atoms with E-state index in [2.05, 4.69) is 10.6 Å². The Kier molecular flexibility index (Phi) is 7.19. The quantitative estimate of drug-likeness (QED) is 0.702. The van der Waals surface area contributed by atoms with Gasteiger partial charge in [-0.05, 0) is 42.8 Å². The number of rotatable bonds is 7. The van der Waals surface area contributed by atoms with Crippen LogP contribution in [0.15, 0.2) is 47.8 Å². The summed E-state index contributed by atoms with van der Waals surface area (Å²) in [5.74, 6) is -0.274. The van der Waals surface area contributed by atoms with Crippen LogP contribution in [0, 0.1) is 5.92 Å². The number of piperidine rings is 1. The van der Waals surface area contributed by atoms with E-state index in [0.29, 0.717) is 37.4 Å². The third kappa shape index (κ3) is 5.66. The first-order valence-electron chi connectivity index (χ1n) is 9.59. The van der Waals surface area contributed by atoms with E-state index in [1.54, 1.807) is 11.0 Å². The molecule has 2 heterocycles. The summed E-state index contributed by atoms with van der Waals surface area (Å²) in [7, 11) is 0. The number of thiophene rings is 1. The number of carbonyl (C=O) groups is 3. The van der Waals surface area contributed by atoms with Crippen LogP contribution >= 0.6 is 11.3 Å². The van der Waals surface area contributed by atoms with Gasteiger partial charge in [0.1, 0.15) is 0 Å². The average Bonchev–Trinajstić information content (AvgIpc) is 3.27. The maximum absolute atomic E-state index is 12.5. The first-order valence-corrected chi connectivity index (χ1v) is 10.5. The molecular formula is C21H25N3O3S. The zero-order valence-corrected chi connectivity index (χ0v) is 16.5. The van der Waals surface area contributed by atoms with Crippen molar-refractivity contribution in [3.8, 4) is 0 Å². The molecule has 7 heteroatoms. The van der Waals surface area contributed by atoms with Gasteiger partial charge in [0.2, 0.25) is 11.8 Å². The summed E-state index contributed by atoms with van der Waals surface area (Å²) in [5.41, 5.74) is 0.775. The molecule has 28 heavy (non-hydrogen) atoms. The second-order valence-electron chi connectivity index (χ2n) is 6.87. The fraction of sp³-hybridized carbons (Fsp3) is 0.381. The number of hydrogen-bond donors (Lipinski definition) is 2. The molecule has 6 nitrogen and oxygen atoms in total. The zero-order valence-electron chi connectivity index (χ0n) is 15.7. The molecule has 3 amide bonds. The number of carbonyl (C=O) groups excluding carboxylic acids is 3. The Labute approximate surface area is 168 Å². The van der Waals surface area contributed by atoms with Gasteiger partial charge in [0.15, 0.2) is 0 Å². The summed E-state index contributed by atoms with van der Waals surface area (Å²) >= 11 is 1.40. The third-order valence-electron chi connectivity index (χ3n) is 4.78. The van der Waals surface area contributed by atoms with E-state index in [1.807, 2.05) is 41.8 Å². The summed E-state index contributed by atoms with van der Waals surface area (Å²) in [4.78, 5) is 39.3. The van der Waals surface area contributed by atoms with Crippen molar-refractivity contribution < 1.29 is 14.4 Å². The van der Waals surface area contributed by atoms with Gasteiger partial charge in [-0.3, -0.25) is 14.4 Å². The first-order chi connectivity index (χ1) is 13.6. The Morgan fingerprint density at radius 2 is 1.93 bits per heavy atom. The average molecular weight is 400 g/mol. The molecule has 2 N–H and O–H groups in total. The molecule has 3 rings (SSSR count). The maximum atomic E-state index is 12.5. The molecule has 1 aliphatic rings. The predicted octanol–water partition coefficient (Wildman–Crippen LogP) is 3.14. The Hall–Kier alpha value is -2.67. The third-order valence-corrected chi connectivity index (χ3v) is 5.65. The van der Waals surface area contributed by atoms with E-state index >= 15 is 0 Å². The normalized spacial score (nSPS) is 16.4. The monoisotopic (exact) mass is 399 g/mol. The van der Waals surface area contributed by atoms with Crippen LogP contribution in [0.1, 0.15) is 35.4 Å². The van der Waals surface area contributed by atoms with Crippen molar-refractivity contribution in [2.75, 3.05) is 25.0 Å². The van der Waals surface area contributed by atoms with Crippen molar-refractivity contribution in [2.45, 2.75) is 25.7 Å². The van der Waals surface area contributed by atoms with E-state index in [9.17, 15) is 14.4 Å². The second kappa shape index (κ2) is 10.0. The van der Waals surface area contributed by atoms with Gasteiger partial charge in [0.05, 0.1) is 10.8 Å². The van der Waals surface area contributed by atoms with Crippen LogP contribution < -0.4 is 10.6 Å². The van der Waals surface area contributed by atoms with Gasteiger partial charge < -0.3 is 15.5 Å². The topological polar surface area (TPSA) is 78.5 Å². The molecule has 0 saturated carbocycles. The Morgan fingerprint density at radius 1 is 1.11 bits per heavy atom. The lowest BCUT2D eigenvalue weighted by Gasteiger charge is -2.32. The first kappa shape index (κ1) is 20.1. The van der Waals surface area contributed by atoms with Gasteiger partial charge in [0, 0.05) is 31.7 Å². The van der Waals surface area contributed by atoms with Crippen LogP contribution in [0.4, 0.5) is 5.69 Å². The molecular weight excluding hydrogens is 374 g/mol. The SMILES string of the molecule is O=C(NCCCC(=O)N1CCCC(C(=O)Nc2ccccc2)C1)c1cccs1. The molecule has 0 radical (unpaired) electrons. The molecule has 1 fully saturated rings. The molecule has 1 aliphatic heterocycles. The van der Waals surface area contributed by atoms with Crippen LogP contribution in [0.5, 0.6) is 0 Å². The van der Waals surface area contributed by atoms with E-state index in [-0.39, 0.29) is 23.6 Å². The number of hydrogen-bond acceptors (Lipinski definition) is 4. The van der Waals surface area contributed by atoms with E-state index in [4.69, 9.17) is 0 Å². The van der Waals surface area contributed by atoms with E-state index in [0.717, 1.165) is 18.5 Å². The van der Waals surface area contributed by atoms with Crippen LogP contribution in [-0.4, -0.2) is 42.3 Å². The highest BCUT2D eigenvalue weighted by Gasteiger charge is 2.28. The van der Waals surface area contributed by atoms with Crippen molar-refractivity contribution >= 4 is 34.7 Å². The number of amides is 3. The van der Waals surface area contributed by atoms with Crippen LogP contribution in [-0.2, 0) is 9.59 Å². The minimum absolute atomic E-state index is 0.0353. The number of benzene rings is 1. The second-order valence-corrected chi connectivity index (χ2v) is 7.82. The molecule has 1 saturated heterocycles. The van der Waals surface area contributed by atoms with Gasteiger partial charge in [0.25, 0.3) is 5.91 Å². The molecule has 2 aromatic rings. The highest BCUT2D eigenvalue weighted by atomic mass is 32.1. The molecule has 1 unspecified atom stereocenters. The number of likely N-dealkylation sites (tertiary alicyclic amines) is 1. The van der Waals surface area contributed by atoms with Gasteiger partial charge in [-0.2, -0.15) is 0 Å². The molecule has 0 aliphatic carbocycles. The van der Waals surface area contributed by atoms with Crippen molar-refractivity contribution in [3.05, 3.63) is 52.7 Å². The Balaban J connectivity index is 1.40. The van der Waals surface area contributed by atoms with Crippen molar-refractivity contribution in [1.82, 2.24) is 10.2 Å². The fourth-order valence-corrected chi connectivity index (χ4v) is 3.92. The Morgan fingerprint density at radius 3 is 2.68 bits per heavy atom. The molecule has 1 aromatic heterocycles. The highest BCUT2D eigenvalue weighted by Crippen LogP contribution is 2.19. The van der Waals surface area contributed by atoms with Gasteiger partial charge in [-0.15, -0.1) is 11.3 Å². The van der Waals surface area contributed by atoms with Crippen LogP contribution in [0.25, 0.3) is 0 Å². The maximum Gasteiger partial charge on any atom is 0.261 e. The molecule has 0 bridgehead atoms. The summed E-state index contributed by atoms with van der Waals surface area (Å²) < 4.78 is 0. The fourth-order valence-electron chi connectivity index (χ4n) is 3.28. The van der Waals surface area contributed by atoms with E-state index < -0.39 is 0 Å². The zero-order chi connectivity index (χ0) is 19.8. The minimum Gasteiger partial charge on any atom is -0.351 e. The smallest absolute Gasteiger partial charge is 0.261 e. The summed E-state index contributed by atoms with van der Waals surface area (Å²) in [6.45, 7) is 1.61. The lowest BCUT2D eigenvalue weighted by atomic mass is 9.96. The minimum atomic E-state index is -0.184. The van der Waals surface area contributed by atoms with Crippen molar-refractivity contribution in [3.63, 3.8) is 0 Å². The molecule has 1 aromatic carbocycles. The number of para-hydroxylation sites is 1. The molecule has 1 atom stereocenters. The largest absolute Gasteiger partial charge is 0.351 e. The molecule has 148 valence electrons. The summed E-state index contributed by atoms with van der Waals surface area (Å²) in [5, 5.41) is 7.62. The van der Waals surface area contributed by atoms with E-state index in [1.165, 1.54) is 11.3 Å². The van der Waals surface area contributed by atoms with Gasteiger partial charge in [-0.1, -0.05) is 24.3 Å². The number of nitrogens with zero attached hydrogens (tertiary/aromatic N) is 1. The lowest BCUT2D eigenvalue weighted by molar-refractivity contribution is -0.134. The molecule has 0 spiro atoms. The summed E-state index contributed by atoms with van der Waals surface area (Å²) in [6, 6.07) is 13.0. The van der Waals surface area contributed by atoms with Crippen LogP contribution in [0.2, 0.25) is 0 Å².